The third kappa shape index (κ3) is 4.30. The maximum Gasteiger partial charge on any atom is 0.247 e. The predicted molar refractivity (Wildman–Crippen MR) is 73.3 cm³/mol. The zero-order valence-corrected chi connectivity index (χ0v) is 11.8. The predicted octanol–water partition coefficient (Wildman–Crippen LogP) is 4.42. The van der Waals surface area contributed by atoms with Crippen LogP contribution in [0, 0.1) is 23.0 Å². The number of hydrogen-bond donors (Lipinski definition) is 0. The van der Waals surface area contributed by atoms with Crippen LogP contribution in [0.5, 0.6) is 0 Å². The van der Waals surface area contributed by atoms with Gasteiger partial charge in [-0.3, -0.25) is 10.1 Å². The fourth-order valence-electron chi connectivity index (χ4n) is 1.50. The fraction of sp³-hybridized carbons (Fsp3) is 0.385. The molecule has 0 spiro atoms. The van der Waals surface area contributed by atoms with E-state index in [9.17, 15) is 10.1 Å². The van der Waals surface area contributed by atoms with Crippen molar-refractivity contribution in [1.82, 2.24) is 0 Å². The van der Waals surface area contributed by atoms with Crippen molar-refractivity contribution in [2.24, 2.45) is 5.92 Å². The summed E-state index contributed by atoms with van der Waals surface area (Å²) in [4.78, 5) is 10.6. The molecule has 92 valence electrons. The van der Waals surface area contributed by atoms with Gasteiger partial charge in [-0.1, -0.05) is 41.9 Å². The van der Waals surface area contributed by atoms with Gasteiger partial charge in [-0.05, 0) is 30.0 Å². The van der Waals surface area contributed by atoms with Gasteiger partial charge < -0.3 is 0 Å². The molecule has 0 amide bonds. The first-order valence-electron chi connectivity index (χ1n) is 5.51. The van der Waals surface area contributed by atoms with Crippen molar-refractivity contribution in [3.63, 3.8) is 0 Å². The summed E-state index contributed by atoms with van der Waals surface area (Å²) in [6.45, 7) is 5.94. The number of aryl methyl sites for hydroxylation is 1. The first-order chi connectivity index (χ1) is 7.90. The third-order valence-electron chi connectivity index (χ3n) is 2.38. The van der Waals surface area contributed by atoms with Crippen LogP contribution in [0.1, 0.15) is 31.4 Å². The summed E-state index contributed by atoms with van der Waals surface area (Å²) in [6, 6.07) is 5.74. The maximum atomic E-state index is 10.9. The Morgan fingerprint density at radius 2 is 2.18 bits per heavy atom. The van der Waals surface area contributed by atoms with Crippen LogP contribution in [-0.4, -0.2) is 4.92 Å². The number of halogens is 1. The molecule has 0 unspecified atom stereocenters. The van der Waals surface area contributed by atoms with Crippen molar-refractivity contribution in [2.45, 2.75) is 27.2 Å². The summed E-state index contributed by atoms with van der Waals surface area (Å²) >= 11 is 3.42. The molecule has 0 aliphatic rings. The molecule has 0 aliphatic carbocycles. The van der Waals surface area contributed by atoms with E-state index < -0.39 is 0 Å². The Morgan fingerprint density at radius 3 is 2.65 bits per heavy atom. The van der Waals surface area contributed by atoms with Gasteiger partial charge in [0, 0.05) is 17.0 Å². The second kappa shape index (κ2) is 5.96. The largest absolute Gasteiger partial charge is 0.259 e. The Labute approximate surface area is 110 Å². The molecular weight excluding hydrogens is 282 g/mol. The van der Waals surface area contributed by atoms with Gasteiger partial charge in [-0.15, -0.1) is 0 Å². The van der Waals surface area contributed by atoms with Crippen LogP contribution in [-0.2, 0) is 0 Å². The van der Waals surface area contributed by atoms with Gasteiger partial charge in [0.15, 0.2) is 0 Å². The highest BCUT2D eigenvalue weighted by Crippen LogP contribution is 2.21. The molecule has 3 nitrogen and oxygen atoms in total. The fourth-order valence-corrected chi connectivity index (χ4v) is 1.89. The summed E-state index contributed by atoms with van der Waals surface area (Å²) in [6.07, 6.45) is 2.13. The Bertz CT molecular complexity index is 453. The molecule has 0 fully saturated rings. The maximum absolute atomic E-state index is 10.9. The SMILES string of the molecule is Cc1ccc(/C=C(/CC(C)C)[N+](=O)[O-])cc1Br. The van der Waals surface area contributed by atoms with Crippen molar-refractivity contribution in [2.75, 3.05) is 0 Å². The molecule has 0 atom stereocenters. The normalized spacial score (nSPS) is 11.9. The van der Waals surface area contributed by atoms with Crippen LogP contribution >= 0.6 is 15.9 Å². The van der Waals surface area contributed by atoms with Gasteiger partial charge in [-0.2, -0.15) is 0 Å². The molecule has 0 N–H and O–H groups in total. The van der Waals surface area contributed by atoms with E-state index in [1.54, 1.807) is 6.08 Å². The molecule has 0 aliphatic heterocycles. The smallest absolute Gasteiger partial charge is 0.247 e. The van der Waals surface area contributed by atoms with E-state index in [1.807, 2.05) is 39.0 Å². The minimum atomic E-state index is -0.298. The molecule has 4 heteroatoms. The average molecular weight is 298 g/mol. The highest BCUT2D eigenvalue weighted by Gasteiger charge is 2.13. The molecule has 0 bridgehead atoms. The van der Waals surface area contributed by atoms with Crippen molar-refractivity contribution in [1.29, 1.82) is 0 Å². The minimum Gasteiger partial charge on any atom is -0.259 e. The lowest BCUT2D eigenvalue weighted by Crippen LogP contribution is -2.02. The van der Waals surface area contributed by atoms with Gasteiger partial charge in [-0.25, -0.2) is 0 Å². The van der Waals surface area contributed by atoms with Crippen LogP contribution in [0.15, 0.2) is 28.4 Å². The van der Waals surface area contributed by atoms with E-state index in [0.29, 0.717) is 6.42 Å². The van der Waals surface area contributed by atoms with Crippen molar-refractivity contribution in [3.8, 4) is 0 Å². The average Bonchev–Trinajstić information content (AvgIpc) is 2.21. The van der Waals surface area contributed by atoms with E-state index in [4.69, 9.17) is 0 Å². The van der Waals surface area contributed by atoms with E-state index >= 15 is 0 Å². The van der Waals surface area contributed by atoms with E-state index in [1.165, 1.54) is 0 Å². The monoisotopic (exact) mass is 297 g/mol. The first kappa shape index (κ1) is 13.9. The second-order valence-electron chi connectivity index (χ2n) is 4.50. The molecule has 1 rings (SSSR count). The minimum absolute atomic E-state index is 0.260. The summed E-state index contributed by atoms with van der Waals surface area (Å²) in [7, 11) is 0. The van der Waals surface area contributed by atoms with Crippen molar-refractivity contribution >= 4 is 22.0 Å². The molecule has 0 saturated heterocycles. The quantitative estimate of drug-likeness (QED) is 0.610. The van der Waals surface area contributed by atoms with Crippen LogP contribution in [0.25, 0.3) is 6.08 Å². The van der Waals surface area contributed by atoms with E-state index in [2.05, 4.69) is 15.9 Å². The molecule has 17 heavy (non-hydrogen) atoms. The second-order valence-corrected chi connectivity index (χ2v) is 5.35. The van der Waals surface area contributed by atoms with Crippen LogP contribution in [0.2, 0.25) is 0 Å². The molecule has 1 aromatic rings. The standard InChI is InChI=1S/C13H16BrNO2/c1-9(2)6-12(15(16)17)7-11-5-4-10(3)13(14)8-11/h4-5,7-9H,6H2,1-3H3/b12-7-. The van der Waals surface area contributed by atoms with Crippen LogP contribution in [0.3, 0.4) is 0 Å². The van der Waals surface area contributed by atoms with E-state index in [0.717, 1.165) is 15.6 Å². The van der Waals surface area contributed by atoms with E-state index in [-0.39, 0.29) is 16.5 Å². The van der Waals surface area contributed by atoms with Crippen molar-refractivity contribution < 1.29 is 4.92 Å². The Kier molecular flexibility index (Phi) is 4.87. The lowest BCUT2D eigenvalue weighted by molar-refractivity contribution is -0.427. The van der Waals surface area contributed by atoms with Crippen LogP contribution in [0.4, 0.5) is 0 Å². The number of nitro groups is 1. The molecule has 0 aromatic heterocycles. The highest BCUT2D eigenvalue weighted by molar-refractivity contribution is 9.10. The number of rotatable bonds is 4. The number of allylic oxidation sites excluding steroid dienone is 1. The zero-order chi connectivity index (χ0) is 13.0. The molecular formula is C13H16BrNO2. The van der Waals surface area contributed by atoms with Gasteiger partial charge in [0.25, 0.3) is 0 Å². The number of benzene rings is 1. The lowest BCUT2D eigenvalue weighted by atomic mass is 10.1. The topological polar surface area (TPSA) is 43.1 Å². The summed E-state index contributed by atoms with van der Waals surface area (Å²) in [5, 5.41) is 10.9. The molecule has 0 radical (unpaired) electrons. The van der Waals surface area contributed by atoms with Gasteiger partial charge >= 0.3 is 0 Å². The number of nitrogens with zero attached hydrogens (tertiary/aromatic N) is 1. The highest BCUT2D eigenvalue weighted by atomic mass is 79.9. The summed E-state index contributed by atoms with van der Waals surface area (Å²) in [5.41, 5.74) is 2.24. The molecule has 0 saturated carbocycles. The Hall–Kier alpha value is -1.16. The summed E-state index contributed by atoms with van der Waals surface area (Å²) < 4.78 is 0.971. The third-order valence-corrected chi connectivity index (χ3v) is 3.24. The Balaban J connectivity index is 3.04. The molecule has 1 aromatic carbocycles. The Morgan fingerprint density at radius 1 is 1.53 bits per heavy atom. The van der Waals surface area contributed by atoms with Gasteiger partial charge in [0.1, 0.15) is 0 Å². The van der Waals surface area contributed by atoms with Gasteiger partial charge in [0.2, 0.25) is 5.70 Å². The molecule has 0 heterocycles. The van der Waals surface area contributed by atoms with Gasteiger partial charge in [0.05, 0.1) is 4.92 Å². The zero-order valence-electron chi connectivity index (χ0n) is 10.2. The van der Waals surface area contributed by atoms with Crippen LogP contribution < -0.4 is 0 Å². The number of hydrogen-bond acceptors (Lipinski definition) is 2. The summed E-state index contributed by atoms with van der Waals surface area (Å²) in [5.74, 6) is 0.278. The first-order valence-corrected chi connectivity index (χ1v) is 6.30. The lowest BCUT2D eigenvalue weighted by Gasteiger charge is -2.03. The van der Waals surface area contributed by atoms with Crippen molar-refractivity contribution in [3.05, 3.63) is 49.6 Å².